The quantitative estimate of drug-likeness (QED) is 0.626. The molecule has 4 heteroatoms. The third kappa shape index (κ3) is 3.59. The van der Waals surface area contributed by atoms with Crippen molar-refractivity contribution in [3.8, 4) is 6.07 Å². The molecule has 0 N–H and O–H groups in total. The Kier molecular flexibility index (Phi) is 5.48. The van der Waals surface area contributed by atoms with E-state index >= 15 is 0 Å². The number of hydrogen-bond donors (Lipinski definition) is 0. The molecule has 1 unspecified atom stereocenters. The van der Waals surface area contributed by atoms with E-state index in [0.717, 1.165) is 0 Å². The van der Waals surface area contributed by atoms with E-state index in [1.807, 2.05) is 13.0 Å². The topological polar surface area (TPSA) is 44.1 Å². The molecule has 0 aliphatic carbocycles. The minimum Gasteiger partial charge on any atom is -0.342 e. The van der Waals surface area contributed by atoms with Crippen LogP contribution in [-0.2, 0) is 4.79 Å². The van der Waals surface area contributed by atoms with Crippen LogP contribution in [0.25, 0.3) is 0 Å². The fraction of sp³-hybridized carbons (Fsp3) is 0.750. The Morgan fingerprint density at radius 1 is 1.75 bits per heavy atom. The molecule has 0 aromatic heterocycles. The van der Waals surface area contributed by atoms with Crippen molar-refractivity contribution in [3.05, 3.63) is 0 Å². The first-order valence-electron chi connectivity index (χ1n) is 3.82. The maximum atomic E-state index is 11.2. The molecule has 0 aromatic carbocycles. The molecule has 0 fully saturated rings. The van der Waals surface area contributed by atoms with Crippen LogP contribution >= 0.6 is 11.6 Å². The van der Waals surface area contributed by atoms with Crippen LogP contribution in [0.4, 0.5) is 0 Å². The highest BCUT2D eigenvalue weighted by molar-refractivity contribution is 6.18. The summed E-state index contributed by atoms with van der Waals surface area (Å²) in [5.74, 6) is 0.329. The highest BCUT2D eigenvalue weighted by Gasteiger charge is 2.13. The first-order chi connectivity index (χ1) is 5.63. The van der Waals surface area contributed by atoms with Gasteiger partial charge in [0, 0.05) is 25.4 Å². The summed E-state index contributed by atoms with van der Waals surface area (Å²) >= 11 is 5.41. The van der Waals surface area contributed by atoms with Gasteiger partial charge in [-0.15, -0.1) is 11.6 Å². The highest BCUT2D eigenvalue weighted by atomic mass is 35.5. The summed E-state index contributed by atoms with van der Waals surface area (Å²) in [7, 11) is 1.69. The Bertz CT molecular complexity index is 188. The van der Waals surface area contributed by atoms with Gasteiger partial charge in [0.2, 0.25) is 5.91 Å². The van der Waals surface area contributed by atoms with Crippen molar-refractivity contribution in [2.24, 2.45) is 0 Å². The number of rotatable bonds is 4. The molecule has 0 aliphatic heterocycles. The molecule has 0 bridgehead atoms. The average molecular weight is 189 g/mol. The fourth-order valence-electron chi connectivity index (χ4n) is 0.772. The number of alkyl halides is 1. The number of nitriles is 1. The summed E-state index contributed by atoms with van der Waals surface area (Å²) in [5.41, 5.74) is 0. The van der Waals surface area contributed by atoms with E-state index in [1.54, 1.807) is 11.9 Å². The average Bonchev–Trinajstić information content (AvgIpc) is 2.04. The van der Waals surface area contributed by atoms with Crippen molar-refractivity contribution in [3.63, 3.8) is 0 Å². The minimum absolute atomic E-state index is 0.00671. The van der Waals surface area contributed by atoms with E-state index < -0.39 is 0 Å². The van der Waals surface area contributed by atoms with Crippen molar-refractivity contribution in [2.45, 2.75) is 25.8 Å². The molecule has 0 spiro atoms. The zero-order valence-corrected chi connectivity index (χ0v) is 8.14. The lowest BCUT2D eigenvalue weighted by Crippen LogP contribution is -2.34. The monoisotopic (exact) mass is 188 g/mol. The maximum absolute atomic E-state index is 11.2. The van der Waals surface area contributed by atoms with E-state index in [-0.39, 0.29) is 11.9 Å². The van der Waals surface area contributed by atoms with Crippen LogP contribution in [0.5, 0.6) is 0 Å². The summed E-state index contributed by atoms with van der Waals surface area (Å²) in [6.45, 7) is 1.84. The van der Waals surface area contributed by atoms with Crippen LogP contribution in [0.1, 0.15) is 19.8 Å². The number of hydrogen-bond acceptors (Lipinski definition) is 2. The van der Waals surface area contributed by atoms with Gasteiger partial charge in [-0.2, -0.15) is 5.26 Å². The van der Waals surface area contributed by atoms with Crippen molar-refractivity contribution in [1.82, 2.24) is 4.90 Å². The van der Waals surface area contributed by atoms with Crippen molar-refractivity contribution in [1.29, 1.82) is 5.26 Å². The Morgan fingerprint density at radius 3 is 2.75 bits per heavy atom. The second-order valence-corrected chi connectivity index (χ2v) is 3.03. The normalized spacial score (nSPS) is 11.8. The maximum Gasteiger partial charge on any atom is 0.223 e. The van der Waals surface area contributed by atoms with Gasteiger partial charge in [-0.1, -0.05) is 0 Å². The van der Waals surface area contributed by atoms with Crippen LogP contribution in [-0.4, -0.2) is 29.8 Å². The zero-order valence-electron chi connectivity index (χ0n) is 7.38. The molecule has 1 atom stereocenters. The number of carbonyl (C=O) groups is 1. The lowest BCUT2D eigenvalue weighted by molar-refractivity contribution is -0.131. The molecule has 0 saturated heterocycles. The van der Waals surface area contributed by atoms with Gasteiger partial charge >= 0.3 is 0 Å². The number of amides is 1. The van der Waals surface area contributed by atoms with E-state index in [0.29, 0.717) is 18.7 Å². The highest BCUT2D eigenvalue weighted by Crippen LogP contribution is 2.02. The Hall–Kier alpha value is -0.750. The first-order valence-corrected chi connectivity index (χ1v) is 4.35. The molecule has 3 nitrogen and oxygen atoms in total. The summed E-state index contributed by atoms with van der Waals surface area (Å²) < 4.78 is 0. The van der Waals surface area contributed by atoms with Crippen LogP contribution in [0.3, 0.4) is 0 Å². The molecule has 0 saturated carbocycles. The molecule has 12 heavy (non-hydrogen) atoms. The lowest BCUT2D eigenvalue weighted by Gasteiger charge is -2.22. The van der Waals surface area contributed by atoms with Gasteiger partial charge in [0.25, 0.3) is 0 Å². The Balaban J connectivity index is 3.92. The SMILES string of the molecule is CC(CC#N)N(C)C(=O)CCCl. The molecule has 0 aromatic rings. The predicted octanol–water partition coefficient (Wildman–Crippen LogP) is 1.38. The largest absolute Gasteiger partial charge is 0.342 e. The third-order valence-electron chi connectivity index (χ3n) is 1.75. The standard InChI is InChI=1S/C8H13ClN2O/c1-7(4-6-10)11(2)8(12)3-5-9/h7H,3-5H2,1-2H3. The van der Waals surface area contributed by atoms with Gasteiger partial charge in [0.1, 0.15) is 0 Å². The molecule has 0 rings (SSSR count). The van der Waals surface area contributed by atoms with E-state index in [4.69, 9.17) is 16.9 Å². The summed E-state index contributed by atoms with van der Waals surface area (Å²) in [4.78, 5) is 12.8. The van der Waals surface area contributed by atoms with Gasteiger partial charge in [-0.05, 0) is 6.92 Å². The van der Waals surface area contributed by atoms with Gasteiger partial charge in [0.05, 0.1) is 12.5 Å². The molecular formula is C8H13ClN2O. The van der Waals surface area contributed by atoms with Crippen molar-refractivity contribution < 1.29 is 4.79 Å². The van der Waals surface area contributed by atoms with Crippen LogP contribution < -0.4 is 0 Å². The van der Waals surface area contributed by atoms with Crippen molar-refractivity contribution >= 4 is 17.5 Å². The summed E-state index contributed by atoms with van der Waals surface area (Å²) in [6.07, 6.45) is 0.707. The van der Waals surface area contributed by atoms with E-state index in [2.05, 4.69) is 0 Å². The van der Waals surface area contributed by atoms with Gasteiger partial charge in [-0.3, -0.25) is 4.79 Å². The second kappa shape index (κ2) is 5.84. The number of halogens is 1. The number of carbonyl (C=O) groups excluding carboxylic acids is 1. The Labute approximate surface area is 77.9 Å². The molecule has 1 amide bonds. The second-order valence-electron chi connectivity index (χ2n) is 2.65. The lowest BCUT2D eigenvalue weighted by atomic mass is 10.2. The van der Waals surface area contributed by atoms with E-state index in [1.165, 1.54) is 0 Å². The van der Waals surface area contributed by atoms with Gasteiger partial charge in [0.15, 0.2) is 0 Å². The predicted molar refractivity (Wildman–Crippen MR) is 47.8 cm³/mol. The molecule has 0 aliphatic rings. The molecule has 0 heterocycles. The minimum atomic E-state index is -0.0225. The van der Waals surface area contributed by atoms with Crippen LogP contribution in [0.2, 0.25) is 0 Å². The zero-order chi connectivity index (χ0) is 9.56. The van der Waals surface area contributed by atoms with Crippen LogP contribution in [0.15, 0.2) is 0 Å². The molecular weight excluding hydrogens is 176 g/mol. The third-order valence-corrected chi connectivity index (χ3v) is 1.94. The van der Waals surface area contributed by atoms with Gasteiger partial charge < -0.3 is 4.90 Å². The van der Waals surface area contributed by atoms with E-state index in [9.17, 15) is 4.79 Å². The van der Waals surface area contributed by atoms with Gasteiger partial charge in [-0.25, -0.2) is 0 Å². The number of nitrogens with zero attached hydrogens (tertiary/aromatic N) is 2. The molecule has 68 valence electrons. The molecule has 0 radical (unpaired) electrons. The first kappa shape index (κ1) is 11.2. The smallest absolute Gasteiger partial charge is 0.223 e. The Morgan fingerprint density at radius 2 is 2.33 bits per heavy atom. The van der Waals surface area contributed by atoms with Crippen molar-refractivity contribution in [2.75, 3.05) is 12.9 Å². The fourth-order valence-corrected chi connectivity index (χ4v) is 0.934. The van der Waals surface area contributed by atoms with Crippen LogP contribution in [0, 0.1) is 11.3 Å². The summed E-state index contributed by atoms with van der Waals surface area (Å²) in [6, 6.07) is 2.00. The summed E-state index contributed by atoms with van der Waals surface area (Å²) in [5, 5.41) is 8.38.